The molecule has 0 spiro atoms. The second-order valence-corrected chi connectivity index (χ2v) is 7.82. The second-order valence-electron chi connectivity index (χ2n) is 7.82. The maximum absolute atomic E-state index is 2.68. The van der Waals surface area contributed by atoms with E-state index in [4.69, 9.17) is 0 Å². The zero-order valence-electron chi connectivity index (χ0n) is 15.2. The van der Waals surface area contributed by atoms with Crippen molar-refractivity contribution in [2.24, 2.45) is 11.8 Å². The molecule has 1 fully saturated rings. The van der Waals surface area contributed by atoms with Crippen LogP contribution in [0.5, 0.6) is 0 Å². The smallest absolute Gasteiger partial charge is 0.0110 e. The molecule has 1 heterocycles. The van der Waals surface area contributed by atoms with Crippen molar-refractivity contribution in [3.05, 3.63) is 0 Å². The van der Waals surface area contributed by atoms with Crippen LogP contribution in [0.4, 0.5) is 0 Å². The Balaban J connectivity index is 1.91. The first-order chi connectivity index (χ1) is 10.1. The van der Waals surface area contributed by atoms with E-state index >= 15 is 0 Å². The van der Waals surface area contributed by atoms with Crippen LogP contribution in [0.3, 0.4) is 0 Å². The first-order valence-electron chi connectivity index (χ1n) is 9.52. The van der Waals surface area contributed by atoms with Gasteiger partial charge in [0.2, 0.25) is 0 Å². The molecule has 0 N–H and O–H groups in total. The number of hydrogen-bond donors (Lipinski definition) is 0. The molecule has 0 radical (unpaired) electrons. The van der Waals surface area contributed by atoms with Gasteiger partial charge in [-0.15, -0.1) is 0 Å². The van der Waals surface area contributed by atoms with Crippen LogP contribution in [0.1, 0.15) is 72.6 Å². The average molecular weight is 297 g/mol. The van der Waals surface area contributed by atoms with Gasteiger partial charge in [0, 0.05) is 26.2 Å². The minimum absolute atomic E-state index is 0.846. The van der Waals surface area contributed by atoms with Crippen LogP contribution in [0.2, 0.25) is 0 Å². The maximum atomic E-state index is 2.68. The molecule has 21 heavy (non-hydrogen) atoms. The van der Waals surface area contributed by atoms with Gasteiger partial charge in [-0.1, -0.05) is 59.8 Å². The third-order valence-corrected chi connectivity index (χ3v) is 4.74. The predicted molar refractivity (Wildman–Crippen MR) is 94.9 cm³/mol. The lowest BCUT2D eigenvalue weighted by atomic mass is 10.0. The summed E-state index contributed by atoms with van der Waals surface area (Å²) in [6, 6.07) is 0. The highest BCUT2D eigenvalue weighted by Gasteiger charge is 2.16. The summed E-state index contributed by atoms with van der Waals surface area (Å²) in [6.07, 6.45) is 9.95. The largest absolute Gasteiger partial charge is 0.301 e. The van der Waals surface area contributed by atoms with Crippen molar-refractivity contribution in [1.29, 1.82) is 0 Å². The Kier molecular flexibility index (Phi) is 10.4. The lowest BCUT2D eigenvalue weighted by Gasteiger charge is -2.35. The van der Waals surface area contributed by atoms with Crippen molar-refractivity contribution in [2.45, 2.75) is 72.6 Å². The summed E-state index contributed by atoms with van der Waals surface area (Å²) in [5.41, 5.74) is 0. The molecule has 1 saturated heterocycles. The molecule has 0 atom stereocenters. The molecule has 0 bridgehead atoms. The van der Waals surface area contributed by atoms with Crippen molar-refractivity contribution in [1.82, 2.24) is 9.80 Å². The molecule has 0 unspecified atom stereocenters. The molecule has 126 valence electrons. The minimum Gasteiger partial charge on any atom is -0.301 e. The average Bonchev–Trinajstić information content (AvgIpc) is 2.45. The highest BCUT2D eigenvalue weighted by molar-refractivity contribution is 4.72. The quantitative estimate of drug-likeness (QED) is 0.512. The zero-order valence-corrected chi connectivity index (χ0v) is 15.2. The van der Waals surface area contributed by atoms with E-state index in [1.165, 1.54) is 84.2 Å². The van der Waals surface area contributed by atoms with E-state index in [0.717, 1.165) is 11.8 Å². The van der Waals surface area contributed by atoms with E-state index in [2.05, 4.69) is 37.5 Å². The fraction of sp³-hybridized carbons (Fsp3) is 1.00. The van der Waals surface area contributed by atoms with Crippen molar-refractivity contribution in [3.63, 3.8) is 0 Å². The van der Waals surface area contributed by atoms with Gasteiger partial charge < -0.3 is 9.80 Å². The number of unbranched alkanes of at least 4 members (excludes halogenated alkanes) is 4. The second kappa shape index (κ2) is 11.5. The molecular formula is C19H40N2. The van der Waals surface area contributed by atoms with Gasteiger partial charge in [-0.3, -0.25) is 0 Å². The van der Waals surface area contributed by atoms with Gasteiger partial charge in [-0.05, 0) is 37.8 Å². The third-order valence-electron chi connectivity index (χ3n) is 4.74. The van der Waals surface area contributed by atoms with Gasteiger partial charge >= 0.3 is 0 Å². The number of piperazine rings is 1. The molecule has 0 aromatic carbocycles. The fourth-order valence-corrected chi connectivity index (χ4v) is 3.10. The molecule has 0 aromatic heterocycles. The standard InChI is InChI=1S/C19H40N2/c1-18(2)10-8-6-5-7-9-12-20-14-16-21(17-15-20)13-11-19(3)4/h18-19H,5-17H2,1-4H3. The molecule has 2 nitrogen and oxygen atoms in total. The molecule has 0 aliphatic carbocycles. The SMILES string of the molecule is CC(C)CCCCCCCN1CCN(CCC(C)C)CC1. The summed E-state index contributed by atoms with van der Waals surface area (Å²) in [7, 11) is 0. The van der Waals surface area contributed by atoms with Gasteiger partial charge in [0.25, 0.3) is 0 Å². The van der Waals surface area contributed by atoms with Crippen LogP contribution in [0.25, 0.3) is 0 Å². The van der Waals surface area contributed by atoms with Crippen molar-refractivity contribution in [3.8, 4) is 0 Å². The molecule has 1 rings (SSSR count). The predicted octanol–water partition coefficient (Wildman–Crippen LogP) is 4.65. The van der Waals surface area contributed by atoms with Crippen molar-refractivity contribution in [2.75, 3.05) is 39.3 Å². The van der Waals surface area contributed by atoms with Gasteiger partial charge in [0.1, 0.15) is 0 Å². The number of hydrogen-bond acceptors (Lipinski definition) is 2. The molecule has 0 amide bonds. The molecule has 0 saturated carbocycles. The Labute approximate surface area is 134 Å². The summed E-state index contributed by atoms with van der Waals surface area (Å²) < 4.78 is 0. The zero-order chi connectivity index (χ0) is 15.5. The fourth-order valence-electron chi connectivity index (χ4n) is 3.10. The van der Waals surface area contributed by atoms with E-state index in [9.17, 15) is 0 Å². The topological polar surface area (TPSA) is 6.48 Å². The van der Waals surface area contributed by atoms with E-state index < -0.39 is 0 Å². The Hall–Kier alpha value is -0.0800. The first-order valence-corrected chi connectivity index (χ1v) is 9.52. The molecule has 1 aliphatic heterocycles. The van der Waals surface area contributed by atoms with Crippen LogP contribution in [-0.2, 0) is 0 Å². The summed E-state index contributed by atoms with van der Waals surface area (Å²) in [5.74, 6) is 1.73. The lowest BCUT2D eigenvalue weighted by Crippen LogP contribution is -2.46. The summed E-state index contributed by atoms with van der Waals surface area (Å²) in [4.78, 5) is 5.34. The summed E-state index contributed by atoms with van der Waals surface area (Å²) in [6.45, 7) is 17.2. The summed E-state index contributed by atoms with van der Waals surface area (Å²) >= 11 is 0. The van der Waals surface area contributed by atoms with Crippen LogP contribution in [0, 0.1) is 11.8 Å². The Bertz CT molecular complexity index is 230. The lowest BCUT2D eigenvalue weighted by molar-refractivity contribution is 0.126. The Morgan fingerprint density at radius 3 is 1.62 bits per heavy atom. The Morgan fingerprint density at radius 1 is 0.571 bits per heavy atom. The van der Waals surface area contributed by atoms with E-state index in [1.807, 2.05) is 0 Å². The monoisotopic (exact) mass is 296 g/mol. The van der Waals surface area contributed by atoms with Crippen LogP contribution >= 0.6 is 0 Å². The first kappa shape index (κ1) is 19.0. The molecule has 2 heteroatoms. The highest BCUT2D eigenvalue weighted by atomic mass is 15.3. The van der Waals surface area contributed by atoms with Crippen molar-refractivity contribution < 1.29 is 0 Å². The molecule has 1 aliphatic rings. The number of rotatable bonds is 11. The highest BCUT2D eigenvalue weighted by Crippen LogP contribution is 2.12. The summed E-state index contributed by atoms with van der Waals surface area (Å²) in [5, 5.41) is 0. The Morgan fingerprint density at radius 2 is 1.05 bits per heavy atom. The minimum atomic E-state index is 0.846. The van der Waals surface area contributed by atoms with Gasteiger partial charge in [-0.25, -0.2) is 0 Å². The van der Waals surface area contributed by atoms with Gasteiger partial charge in [-0.2, -0.15) is 0 Å². The number of nitrogens with zero attached hydrogens (tertiary/aromatic N) is 2. The van der Waals surface area contributed by atoms with Crippen LogP contribution < -0.4 is 0 Å². The van der Waals surface area contributed by atoms with E-state index in [0.29, 0.717) is 0 Å². The van der Waals surface area contributed by atoms with E-state index in [-0.39, 0.29) is 0 Å². The molecule has 0 aromatic rings. The third kappa shape index (κ3) is 10.3. The normalized spacial score (nSPS) is 18.0. The molecular weight excluding hydrogens is 256 g/mol. The van der Waals surface area contributed by atoms with Crippen LogP contribution in [-0.4, -0.2) is 49.1 Å². The van der Waals surface area contributed by atoms with E-state index in [1.54, 1.807) is 0 Å². The van der Waals surface area contributed by atoms with Gasteiger partial charge in [0.05, 0.1) is 0 Å². The van der Waals surface area contributed by atoms with Crippen LogP contribution in [0.15, 0.2) is 0 Å². The van der Waals surface area contributed by atoms with Crippen molar-refractivity contribution >= 4 is 0 Å². The van der Waals surface area contributed by atoms with Gasteiger partial charge in [0.15, 0.2) is 0 Å². The maximum Gasteiger partial charge on any atom is 0.0110 e.